The number of aromatic hydroxyl groups is 1. The van der Waals surface area contributed by atoms with Gasteiger partial charge in [-0.3, -0.25) is 0 Å². The molecule has 8 heteroatoms. The van der Waals surface area contributed by atoms with E-state index in [9.17, 15) is 14.8 Å². The van der Waals surface area contributed by atoms with Crippen LogP contribution < -0.4 is 10.4 Å². The highest BCUT2D eigenvalue weighted by atomic mass is 79.9. The standard InChI is InChI=1S/C20H15BrN2O5/c1-27-13-3-5-14-12(7-18(24)28-17(14)8-13)10-23-16-6-11(9-21)2-4-15(16)19(22-26)20(23)25/h2-8,25H,9-10H2,1H3. The maximum atomic E-state index is 12.1. The Kier molecular flexibility index (Phi) is 4.64. The topological polar surface area (TPSA) is 94.0 Å². The van der Waals surface area contributed by atoms with Gasteiger partial charge in [-0.1, -0.05) is 28.1 Å². The fourth-order valence-electron chi connectivity index (χ4n) is 3.33. The van der Waals surface area contributed by atoms with E-state index in [1.165, 1.54) is 13.2 Å². The number of fused-ring (bicyclic) bond motifs is 2. The number of nitroso groups, excluding NO2 is 1. The fourth-order valence-corrected chi connectivity index (χ4v) is 3.68. The van der Waals surface area contributed by atoms with Gasteiger partial charge in [0.05, 0.1) is 19.2 Å². The van der Waals surface area contributed by atoms with Crippen molar-refractivity contribution in [2.45, 2.75) is 11.9 Å². The molecule has 0 amide bonds. The molecule has 7 nitrogen and oxygen atoms in total. The Morgan fingerprint density at radius 2 is 1.96 bits per heavy atom. The summed E-state index contributed by atoms with van der Waals surface area (Å²) >= 11 is 3.41. The zero-order valence-corrected chi connectivity index (χ0v) is 16.4. The third-order valence-electron chi connectivity index (χ3n) is 4.69. The number of rotatable bonds is 5. The Balaban J connectivity index is 1.94. The van der Waals surface area contributed by atoms with Crippen LogP contribution in [0, 0.1) is 4.91 Å². The van der Waals surface area contributed by atoms with Crippen LogP contribution in [0.1, 0.15) is 11.1 Å². The van der Waals surface area contributed by atoms with E-state index >= 15 is 0 Å². The normalized spacial score (nSPS) is 11.2. The zero-order chi connectivity index (χ0) is 19.8. The van der Waals surface area contributed by atoms with Gasteiger partial charge in [0.15, 0.2) is 5.69 Å². The zero-order valence-electron chi connectivity index (χ0n) is 14.8. The molecule has 0 atom stereocenters. The van der Waals surface area contributed by atoms with Gasteiger partial charge in [0, 0.05) is 28.2 Å². The van der Waals surface area contributed by atoms with E-state index in [4.69, 9.17) is 9.15 Å². The molecule has 0 saturated heterocycles. The Bertz CT molecular complexity index is 1280. The van der Waals surface area contributed by atoms with E-state index in [0.29, 0.717) is 38.5 Å². The predicted octanol–water partition coefficient (Wildman–Crippen LogP) is 4.80. The van der Waals surface area contributed by atoms with Crippen molar-refractivity contribution in [2.24, 2.45) is 5.18 Å². The summed E-state index contributed by atoms with van der Waals surface area (Å²) in [4.78, 5) is 23.3. The number of hydrogen-bond donors (Lipinski definition) is 1. The van der Waals surface area contributed by atoms with E-state index in [1.54, 1.807) is 28.8 Å². The summed E-state index contributed by atoms with van der Waals surface area (Å²) in [6, 6.07) is 12.0. The largest absolute Gasteiger partial charge is 0.497 e. The third-order valence-corrected chi connectivity index (χ3v) is 5.33. The van der Waals surface area contributed by atoms with Gasteiger partial charge < -0.3 is 18.8 Å². The predicted molar refractivity (Wildman–Crippen MR) is 110 cm³/mol. The molecule has 0 radical (unpaired) electrons. The highest BCUT2D eigenvalue weighted by Gasteiger charge is 2.19. The maximum absolute atomic E-state index is 12.1. The van der Waals surface area contributed by atoms with Crippen LogP contribution >= 0.6 is 15.9 Å². The van der Waals surface area contributed by atoms with Crippen LogP contribution in [0.4, 0.5) is 5.69 Å². The van der Waals surface area contributed by atoms with E-state index in [-0.39, 0.29) is 18.1 Å². The van der Waals surface area contributed by atoms with Gasteiger partial charge in [-0.15, -0.1) is 4.91 Å². The fraction of sp³-hybridized carbons (Fsp3) is 0.150. The number of alkyl halides is 1. The van der Waals surface area contributed by atoms with Gasteiger partial charge in [0.25, 0.3) is 0 Å². The lowest BCUT2D eigenvalue weighted by atomic mass is 10.1. The van der Waals surface area contributed by atoms with Gasteiger partial charge in [0.1, 0.15) is 11.3 Å². The lowest BCUT2D eigenvalue weighted by molar-refractivity contribution is 0.414. The minimum atomic E-state index is -0.512. The van der Waals surface area contributed by atoms with Gasteiger partial charge in [-0.2, -0.15) is 0 Å². The minimum absolute atomic E-state index is 0.0231. The van der Waals surface area contributed by atoms with E-state index in [1.807, 2.05) is 12.1 Å². The summed E-state index contributed by atoms with van der Waals surface area (Å²) in [5.74, 6) is 0.322. The average molecular weight is 443 g/mol. The second-order valence-corrected chi connectivity index (χ2v) is 6.85. The molecule has 0 aliphatic heterocycles. The second kappa shape index (κ2) is 7.12. The van der Waals surface area contributed by atoms with Crippen LogP contribution in [0.25, 0.3) is 21.9 Å². The highest BCUT2D eigenvalue weighted by molar-refractivity contribution is 9.08. The first-order valence-electron chi connectivity index (χ1n) is 8.40. The Morgan fingerprint density at radius 1 is 1.18 bits per heavy atom. The van der Waals surface area contributed by atoms with Crippen molar-refractivity contribution in [3.8, 4) is 11.6 Å². The van der Waals surface area contributed by atoms with Crippen molar-refractivity contribution in [1.82, 2.24) is 4.57 Å². The average Bonchev–Trinajstić information content (AvgIpc) is 2.97. The smallest absolute Gasteiger partial charge is 0.336 e. The number of ether oxygens (including phenoxy) is 1. The molecule has 2 aromatic carbocycles. The van der Waals surface area contributed by atoms with Gasteiger partial charge in [0.2, 0.25) is 5.88 Å². The Hall–Kier alpha value is -3.13. The lowest BCUT2D eigenvalue weighted by Gasteiger charge is -2.10. The minimum Gasteiger partial charge on any atom is -0.497 e. The van der Waals surface area contributed by atoms with Crippen molar-refractivity contribution in [1.29, 1.82) is 0 Å². The van der Waals surface area contributed by atoms with Crippen LogP contribution in [-0.2, 0) is 11.9 Å². The molecule has 0 saturated carbocycles. The maximum Gasteiger partial charge on any atom is 0.336 e. The van der Waals surface area contributed by atoms with Gasteiger partial charge in [-0.05, 0) is 34.5 Å². The van der Waals surface area contributed by atoms with Crippen molar-refractivity contribution in [3.63, 3.8) is 0 Å². The molecule has 1 N–H and O–H groups in total. The first-order valence-corrected chi connectivity index (χ1v) is 9.52. The second-order valence-electron chi connectivity index (χ2n) is 6.29. The molecule has 2 heterocycles. The summed E-state index contributed by atoms with van der Waals surface area (Å²) in [5.41, 5.74) is 2.12. The number of benzene rings is 2. The van der Waals surface area contributed by atoms with Crippen LogP contribution in [0.3, 0.4) is 0 Å². The highest BCUT2D eigenvalue weighted by Crippen LogP contribution is 2.40. The summed E-state index contributed by atoms with van der Waals surface area (Å²) < 4.78 is 12.0. The van der Waals surface area contributed by atoms with Crippen LogP contribution in [0.2, 0.25) is 0 Å². The van der Waals surface area contributed by atoms with Crippen molar-refractivity contribution in [3.05, 3.63) is 68.9 Å². The summed E-state index contributed by atoms with van der Waals surface area (Å²) in [6.07, 6.45) is 0. The first kappa shape index (κ1) is 18.2. The van der Waals surface area contributed by atoms with E-state index in [2.05, 4.69) is 21.1 Å². The van der Waals surface area contributed by atoms with Crippen molar-refractivity contribution < 1.29 is 14.3 Å². The molecule has 142 valence electrons. The number of nitrogens with zero attached hydrogens (tertiary/aromatic N) is 2. The quantitative estimate of drug-likeness (QED) is 0.272. The van der Waals surface area contributed by atoms with Crippen LogP contribution in [0.5, 0.6) is 11.6 Å². The SMILES string of the molecule is COc1ccc2c(Cn3c(O)c(N=O)c4ccc(CBr)cc43)cc(=O)oc2c1. The van der Waals surface area contributed by atoms with Crippen molar-refractivity contribution in [2.75, 3.05) is 7.11 Å². The molecule has 28 heavy (non-hydrogen) atoms. The summed E-state index contributed by atoms with van der Waals surface area (Å²) in [5, 5.41) is 15.5. The summed E-state index contributed by atoms with van der Waals surface area (Å²) in [7, 11) is 1.53. The Labute approximate surface area is 167 Å². The molecule has 4 rings (SSSR count). The Morgan fingerprint density at radius 3 is 2.68 bits per heavy atom. The molecule has 0 unspecified atom stereocenters. The number of aromatic nitrogens is 1. The molecular formula is C20H15BrN2O5. The van der Waals surface area contributed by atoms with Gasteiger partial charge >= 0.3 is 5.63 Å². The van der Waals surface area contributed by atoms with Gasteiger partial charge in [-0.25, -0.2) is 4.79 Å². The summed E-state index contributed by atoms with van der Waals surface area (Å²) in [6.45, 7) is 0.165. The molecule has 0 fully saturated rings. The first-order chi connectivity index (χ1) is 13.5. The van der Waals surface area contributed by atoms with E-state index < -0.39 is 5.63 Å². The molecule has 0 aliphatic rings. The van der Waals surface area contributed by atoms with Crippen molar-refractivity contribution >= 4 is 43.5 Å². The van der Waals surface area contributed by atoms with Crippen LogP contribution in [-0.4, -0.2) is 16.8 Å². The molecule has 0 aliphatic carbocycles. The molecule has 4 aromatic rings. The van der Waals surface area contributed by atoms with E-state index in [0.717, 1.165) is 5.56 Å². The monoisotopic (exact) mass is 442 g/mol. The number of halogens is 1. The molecule has 0 bridgehead atoms. The number of methoxy groups -OCH3 is 1. The van der Waals surface area contributed by atoms with Crippen LogP contribution in [0.15, 0.2) is 56.9 Å². The third kappa shape index (κ3) is 2.95. The molecular weight excluding hydrogens is 428 g/mol. The number of hydrogen-bond acceptors (Lipinski definition) is 6. The lowest BCUT2D eigenvalue weighted by Crippen LogP contribution is -2.05. The molecule has 0 spiro atoms. The molecule has 2 aromatic heterocycles.